The van der Waals surface area contributed by atoms with Gasteiger partial charge in [-0.2, -0.15) is 9.97 Å². The molecule has 0 bridgehead atoms. The van der Waals surface area contributed by atoms with Gasteiger partial charge in [0.2, 0.25) is 11.8 Å². The maximum atomic E-state index is 11.6. The molecule has 0 radical (unpaired) electrons. The molecular formula is C99H135BrClIN28O7S2. The lowest BCUT2D eigenvalue weighted by Gasteiger charge is -2.19. The summed E-state index contributed by atoms with van der Waals surface area (Å²) in [6.45, 7) is 13.8. The Morgan fingerprint density at radius 1 is 0.482 bits per heavy atom. The summed E-state index contributed by atoms with van der Waals surface area (Å²) in [5, 5.41) is 25.7. The topological polar surface area (TPSA) is 582 Å². The van der Waals surface area contributed by atoms with Gasteiger partial charge in [-0.3, -0.25) is 29.9 Å². The summed E-state index contributed by atoms with van der Waals surface area (Å²) in [5.74, 6) is 5.92. The van der Waals surface area contributed by atoms with Gasteiger partial charge in [-0.1, -0.05) is 34.0 Å². The van der Waals surface area contributed by atoms with Crippen molar-refractivity contribution in [1.29, 1.82) is 0 Å². The van der Waals surface area contributed by atoms with Crippen LogP contribution in [0.3, 0.4) is 0 Å². The lowest BCUT2D eigenvalue weighted by molar-refractivity contribution is 0.0512. The van der Waals surface area contributed by atoms with Crippen LogP contribution in [-0.4, -0.2) is 115 Å². The Labute approximate surface area is 848 Å². The second-order valence-corrected chi connectivity index (χ2v) is 45.9. The quantitative estimate of drug-likeness (QED) is 0.0334. The van der Waals surface area contributed by atoms with Gasteiger partial charge in [0, 0.05) is 101 Å². The summed E-state index contributed by atoms with van der Waals surface area (Å²) in [5.41, 5.74) is 74.4. The highest BCUT2D eigenvalue weighted by Crippen LogP contribution is 2.51. The fourth-order valence-electron chi connectivity index (χ4n) is 13.5. The van der Waals surface area contributed by atoms with Crippen LogP contribution in [0.15, 0.2) is 153 Å². The van der Waals surface area contributed by atoms with E-state index in [4.69, 9.17) is 97.9 Å². The third kappa shape index (κ3) is 31.6. The number of aromatic nitrogens is 14. The molecular weight excluding hydrogens is 2000 g/mol. The number of nitrogens with two attached hydrogens (primary N) is 11. The van der Waals surface area contributed by atoms with Crippen molar-refractivity contribution in [2.24, 2.45) is 63.1 Å². The number of hydrogen-bond acceptors (Lipinski definition) is 35. The smallest absolute Gasteiger partial charge is 0.407 e. The minimum absolute atomic E-state index is 0.0369. The molecule has 0 spiro atoms. The molecule has 0 aromatic carbocycles. The number of ether oxygens (including phenoxy) is 3. The summed E-state index contributed by atoms with van der Waals surface area (Å²) >= 11 is 14.6. The normalized spacial score (nSPS) is 20.0. The van der Waals surface area contributed by atoms with Crippen LogP contribution in [-0.2, 0) is 83.5 Å². The van der Waals surface area contributed by atoms with Crippen molar-refractivity contribution in [1.82, 2.24) is 81.0 Å². The van der Waals surface area contributed by atoms with E-state index in [9.17, 15) is 9.59 Å². The number of thiazole rings is 1. The molecule has 0 unspecified atom stereocenters. The van der Waals surface area contributed by atoms with Gasteiger partial charge in [-0.05, 0) is 338 Å². The Bertz CT molecular complexity index is 5800. The first-order chi connectivity index (χ1) is 65.6. The number of halogens is 3. The number of amides is 2. The first kappa shape index (κ1) is 106. The van der Waals surface area contributed by atoms with Crippen molar-refractivity contribution < 1.29 is 32.8 Å². The van der Waals surface area contributed by atoms with Crippen LogP contribution in [0.25, 0.3) is 0 Å². The molecule has 11 aromatic rings. The van der Waals surface area contributed by atoms with Crippen molar-refractivity contribution in [2.45, 2.75) is 312 Å². The summed E-state index contributed by atoms with van der Waals surface area (Å²) in [7, 11) is 5.62. The van der Waals surface area contributed by atoms with Crippen LogP contribution in [0, 0.1) is 10.5 Å². The molecule has 24 rings (SSSR count). The maximum Gasteiger partial charge on any atom is 0.407 e. The first-order valence-corrected chi connectivity index (χ1v) is 51.5. The summed E-state index contributed by atoms with van der Waals surface area (Å²) < 4.78 is 27.9. The average molecular weight is 2140 g/mol. The highest BCUT2D eigenvalue weighted by molar-refractivity contribution is 14.1. The van der Waals surface area contributed by atoms with Gasteiger partial charge in [0.15, 0.2) is 11.6 Å². The van der Waals surface area contributed by atoms with Gasteiger partial charge in [0.05, 0.1) is 119 Å². The predicted octanol–water partition coefficient (Wildman–Crippen LogP) is 15.0. The van der Waals surface area contributed by atoms with E-state index in [1.807, 2.05) is 153 Å². The molecule has 746 valence electrons. The molecule has 11 aromatic heterocycles. The molecule has 0 atom stereocenters. The first-order valence-electron chi connectivity index (χ1n) is 47.5. The molecule has 0 saturated heterocycles. The fourth-order valence-corrected chi connectivity index (χ4v) is 15.8. The molecule has 13 aliphatic rings. The highest BCUT2D eigenvalue weighted by atomic mass is 127. The van der Waals surface area contributed by atoms with Crippen molar-refractivity contribution in [3.8, 4) is 5.75 Å². The van der Waals surface area contributed by atoms with Gasteiger partial charge < -0.3 is 102 Å². The summed E-state index contributed by atoms with van der Waals surface area (Å²) in [6, 6.07) is 29.1. The zero-order valence-electron chi connectivity index (χ0n) is 81.1. The van der Waals surface area contributed by atoms with Crippen molar-refractivity contribution in [3.05, 3.63) is 242 Å². The van der Waals surface area contributed by atoms with Crippen LogP contribution < -0.4 is 83.3 Å². The van der Waals surface area contributed by atoms with Crippen LogP contribution in [0.5, 0.6) is 5.75 Å². The van der Waals surface area contributed by atoms with E-state index in [1.165, 1.54) is 29.3 Å². The number of aryl methyl sites for hydroxylation is 1. The Balaban J connectivity index is 0.000000123. The molecule has 2 amide bonds. The van der Waals surface area contributed by atoms with Crippen LogP contribution in [0.4, 0.5) is 15.4 Å². The third-order valence-electron chi connectivity index (χ3n) is 25.4. The van der Waals surface area contributed by atoms with Gasteiger partial charge in [-0.25, -0.2) is 19.6 Å². The van der Waals surface area contributed by atoms with Crippen LogP contribution >= 0.6 is 72.8 Å². The standard InChI is InChI=1S/2C14H21N3O2.C10H15N3.C9H12N2O.C8H9BrN2.C8H9ClN2.C8H9IN2.2C8H11N3O.C7H10N2S.C5H7N3S/c1-13(2,3)19-12(18)17-9-10-4-7-16-11(8-10)14(15)5-6-14;1-13(2,3)19-12(18)17-9-10-4-5-11(16-8-10)14(15)6-7-14;1-13(2)9-5-3-4-8(12-9)10(11)6-7-10;1-12-7-2-5-11-8(6-7)9(10)3-4-9;9-6-1-2-7(11-5-6)8(10)3-4-8;2*9-6-1-4-11-7(5-6)8(10)2-3-8;9-8(3-4-8)7-10-6(12-11-7)5-1-2-5;9-8(3-4-8)7-10-6(11-12-7)5-1-2-5;1-5-9-6(4-10-5)7(8)2-3-7;6-5(1-2-5)4-8-7-3-9-4/h4,7-8H,5-6,9,15H2,1-3H3,(H,17,18);4-5,8H,6-7,9,15H2,1-3H3,(H,17,18);3-5H,6-7,11H2,1-2H3;2,5-6H,3-4,10H2,1H3;1-2,5H,3-4,10H2;2*1,4-5H,2-3,10H2;2*5H,1-4,9H2;4H,2-3,8H2,1H3;3H,1-2,6H2. The molecule has 13 aliphatic carbocycles. The Morgan fingerprint density at radius 2 is 0.950 bits per heavy atom. The number of alkyl carbamates (subject to hydrolysis) is 2. The average Bonchev–Trinajstić information content (AvgIpc) is 1.61. The van der Waals surface area contributed by atoms with Crippen molar-refractivity contribution >= 4 is 90.8 Å². The number of carbonyl (C=O) groups is 2. The van der Waals surface area contributed by atoms with Gasteiger partial charge >= 0.3 is 12.2 Å². The number of rotatable bonds is 19. The summed E-state index contributed by atoms with van der Waals surface area (Å²) in [6.07, 6.45) is 37.3. The van der Waals surface area contributed by atoms with E-state index in [1.54, 1.807) is 72.3 Å². The molecule has 35 nitrogen and oxygen atoms in total. The number of pyridine rings is 7. The van der Waals surface area contributed by atoms with E-state index in [-0.39, 0.29) is 60.9 Å². The lowest BCUT2D eigenvalue weighted by atomic mass is 10.1. The predicted molar refractivity (Wildman–Crippen MR) is 548 cm³/mol. The number of hydrogen-bond donors (Lipinski definition) is 13. The summed E-state index contributed by atoms with van der Waals surface area (Å²) in [4.78, 5) is 68.0. The zero-order valence-corrected chi connectivity index (χ0v) is 87.2. The van der Waals surface area contributed by atoms with E-state index >= 15 is 0 Å². The van der Waals surface area contributed by atoms with E-state index in [0.717, 1.165) is 236 Å². The molecule has 13 fully saturated rings. The number of nitrogens with zero attached hydrogens (tertiary/aromatic N) is 15. The van der Waals surface area contributed by atoms with Gasteiger partial charge in [0.25, 0.3) is 0 Å². The molecule has 139 heavy (non-hydrogen) atoms. The molecule has 11 heterocycles. The van der Waals surface area contributed by atoms with Gasteiger partial charge in [-0.15, -0.1) is 32.9 Å². The van der Waals surface area contributed by atoms with Crippen molar-refractivity contribution in [3.63, 3.8) is 0 Å². The minimum Gasteiger partial charge on any atom is -0.497 e. The molecule has 24 N–H and O–H groups in total. The monoisotopic (exact) mass is 2130 g/mol. The van der Waals surface area contributed by atoms with E-state index in [0.29, 0.717) is 41.7 Å². The van der Waals surface area contributed by atoms with Crippen LogP contribution in [0.2, 0.25) is 5.02 Å². The van der Waals surface area contributed by atoms with E-state index < -0.39 is 23.4 Å². The minimum atomic E-state index is -0.483. The maximum absolute atomic E-state index is 11.6. The Hall–Kier alpha value is -9.28. The number of methoxy groups -OCH3 is 1. The van der Waals surface area contributed by atoms with Crippen LogP contribution in [0.1, 0.15) is 310 Å². The molecule has 13 saturated carbocycles. The second kappa shape index (κ2) is 43.1. The Kier molecular flexibility index (Phi) is 32.7. The third-order valence-corrected chi connectivity index (χ3v) is 28.5. The Morgan fingerprint density at radius 3 is 1.40 bits per heavy atom. The second-order valence-electron chi connectivity index (χ2n) is 41.4. The highest BCUT2D eigenvalue weighted by Gasteiger charge is 2.50. The SMILES string of the molecule is CC(C)(C)OC(=O)NCc1ccc(C2(N)CC2)nc1.CC(C)(C)OC(=O)NCc1ccnc(C2(N)CC2)c1.CN(C)c1cccc(C2(N)CC2)n1.COc1ccnc(C2(N)CC2)c1.Cc1nc(C2(N)CC2)cs1.NC1(c2cc(Cl)ccn2)CC1.NC1(c2cc(I)ccn2)CC1.NC1(c2ccc(Br)cn2)CC1.NC1(c2nc(C3CC3)no2)CC1.NC1(c2nncs2)CC1.NC1(c2noc(C3CC3)n2)CC1. The van der Waals surface area contributed by atoms with Crippen molar-refractivity contribution in [2.75, 3.05) is 26.1 Å². The number of anilines is 1. The number of carbonyl (C=O) groups excluding carboxylic acids is 2. The molecule has 40 heteroatoms. The molecule has 0 aliphatic heterocycles. The van der Waals surface area contributed by atoms with E-state index in [2.05, 4.69) is 131 Å². The lowest BCUT2D eigenvalue weighted by Crippen LogP contribution is -2.32. The number of nitrogens with one attached hydrogen (secondary N) is 2. The largest absolute Gasteiger partial charge is 0.497 e. The zero-order chi connectivity index (χ0) is 99.8. The van der Waals surface area contributed by atoms with Gasteiger partial charge in [0.1, 0.15) is 33.3 Å². The fraction of sp³-hybridized carbons (Fsp3) is 0.535.